The normalized spacial score (nSPS) is 13.0. The number of hydrogen-bond acceptors (Lipinski definition) is 6. The molecule has 1 N–H and O–H groups in total. The van der Waals surface area contributed by atoms with Gasteiger partial charge >= 0.3 is 0 Å². The molecule has 1 unspecified atom stereocenters. The first-order valence-corrected chi connectivity index (χ1v) is 6.89. The van der Waals surface area contributed by atoms with E-state index in [9.17, 15) is 0 Å². The number of rotatable bonds is 4. The molecule has 0 aliphatic heterocycles. The van der Waals surface area contributed by atoms with Crippen molar-refractivity contribution in [2.24, 2.45) is 0 Å². The summed E-state index contributed by atoms with van der Waals surface area (Å²) in [5.41, 5.74) is 4.01. The monoisotopic (exact) mass is 286 g/mol. The van der Waals surface area contributed by atoms with Crippen LogP contribution in [0.5, 0.6) is 0 Å². The van der Waals surface area contributed by atoms with Crippen LogP contribution in [-0.2, 0) is 6.54 Å². The second-order valence-corrected chi connectivity index (χ2v) is 5.19. The number of fused-ring (bicyclic) bond motifs is 1. The van der Waals surface area contributed by atoms with Crippen LogP contribution >= 0.6 is 0 Å². The summed E-state index contributed by atoms with van der Waals surface area (Å²) in [7, 11) is 0. The minimum atomic E-state index is 0.110. The third-order valence-electron chi connectivity index (χ3n) is 3.48. The minimum Gasteiger partial charge on any atom is -0.338 e. The Hall–Kier alpha value is -2.28. The number of aryl methyl sites for hydroxylation is 3. The SMILES string of the molecule is Cc1cc2ncc(C(C)NCc3nc(C)no3)c(C)n2n1. The standard InChI is InChI=1S/C14H18N6O/c1-8-5-13-16-6-12(10(3)20(13)18-8)9(2)15-7-14-17-11(4)19-21-14/h5-6,9,15H,7H2,1-4H3. The van der Waals surface area contributed by atoms with E-state index in [-0.39, 0.29) is 6.04 Å². The molecule has 0 saturated heterocycles. The van der Waals surface area contributed by atoms with E-state index >= 15 is 0 Å². The van der Waals surface area contributed by atoms with Gasteiger partial charge in [0, 0.05) is 29.6 Å². The van der Waals surface area contributed by atoms with Crippen LogP contribution in [0.3, 0.4) is 0 Å². The Kier molecular flexibility index (Phi) is 3.42. The van der Waals surface area contributed by atoms with E-state index in [0.717, 1.165) is 22.6 Å². The van der Waals surface area contributed by atoms with Crippen molar-refractivity contribution in [3.63, 3.8) is 0 Å². The molecular weight excluding hydrogens is 268 g/mol. The fourth-order valence-electron chi connectivity index (χ4n) is 2.36. The highest BCUT2D eigenvalue weighted by Gasteiger charge is 2.14. The molecule has 0 radical (unpaired) electrons. The minimum absolute atomic E-state index is 0.110. The summed E-state index contributed by atoms with van der Waals surface area (Å²) < 4.78 is 6.97. The summed E-state index contributed by atoms with van der Waals surface area (Å²) in [6, 6.07) is 2.08. The van der Waals surface area contributed by atoms with E-state index in [0.29, 0.717) is 18.3 Å². The van der Waals surface area contributed by atoms with E-state index in [4.69, 9.17) is 4.52 Å². The molecule has 3 rings (SSSR count). The predicted octanol–water partition coefficient (Wildman–Crippen LogP) is 1.89. The molecule has 0 spiro atoms. The summed E-state index contributed by atoms with van der Waals surface area (Å²) >= 11 is 0. The summed E-state index contributed by atoms with van der Waals surface area (Å²) in [5.74, 6) is 1.23. The van der Waals surface area contributed by atoms with Crippen molar-refractivity contribution >= 4 is 5.65 Å². The highest BCUT2D eigenvalue weighted by atomic mass is 16.5. The van der Waals surface area contributed by atoms with E-state index in [2.05, 4.69) is 32.5 Å². The predicted molar refractivity (Wildman–Crippen MR) is 76.8 cm³/mol. The molecule has 0 saturated carbocycles. The Labute approximate surface area is 122 Å². The van der Waals surface area contributed by atoms with E-state index in [1.54, 1.807) is 6.92 Å². The molecule has 7 heteroatoms. The van der Waals surface area contributed by atoms with Gasteiger partial charge in [0.25, 0.3) is 0 Å². The van der Waals surface area contributed by atoms with Gasteiger partial charge in [0.15, 0.2) is 11.5 Å². The molecular formula is C14H18N6O. The second-order valence-electron chi connectivity index (χ2n) is 5.19. The van der Waals surface area contributed by atoms with Gasteiger partial charge in [0.2, 0.25) is 5.89 Å². The first-order valence-electron chi connectivity index (χ1n) is 6.89. The second kappa shape index (κ2) is 5.25. The molecule has 0 amide bonds. The van der Waals surface area contributed by atoms with Crippen molar-refractivity contribution < 1.29 is 4.52 Å². The van der Waals surface area contributed by atoms with Crippen LogP contribution in [-0.4, -0.2) is 24.7 Å². The maximum absolute atomic E-state index is 5.10. The number of nitrogens with one attached hydrogen (secondary N) is 1. The maximum atomic E-state index is 5.10. The average molecular weight is 286 g/mol. The van der Waals surface area contributed by atoms with Crippen molar-refractivity contribution in [3.8, 4) is 0 Å². The zero-order valence-corrected chi connectivity index (χ0v) is 12.6. The molecule has 3 aromatic rings. The van der Waals surface area contributed by atoms with Crippen molar-refractivity contribution in [2.45, 2.75) is 40.3 Å². The van der Waals surface area contributed by atoms with Crippen LogP contribution in [0.4, 0.5) is 0 Å². The van der Waals surface area contributed by atoms with Crippen LogP contribution in [0, 0.1) is 20.8 Å². The molecule has 0 bridgehead atoms. The zero-order valence-electron chi connectivity index (χ0n) is 12.6. The lowest BCUT2D eigenvalue weighted by molar-refractivity contribution is 0.357. The van der Waals surface area contributed by atoms with Gasteiger partial charge in [0.1, 0.15) is 0 Å². The van der Waals surface area contributed by atoms with Gasteiger partial charge in [-0.05, 0) is 27.7 Å². The lowest BCUT2D eigenvalue weighted by Crippen LogP contribution is -2.20. The Balaban J connectivity index is 1.80. The molecule has 0 aromatic carbocycles. The van der Waals surface area contributed by atoms with Crippen LogP contribution < -0.4 is 5.32 Å². The molecule has 0 fully saturated rings. The molecule has 110 valence electrons. The Morgan fingerprint density at radius 3 is 2.86 bits per heavy atom. The van der Waals surface area contributed by atoms with Crippen molar-refractivity contribution in [1.29, 1.82) is 0 Å². The number of hydrogen-bond donors (Lipinski definition) is 1. The van der Waals surface area contributed by atoms with Crippen molar-refractivity contribution in [2.75, 3.05) is 0 Å². The largest absolute Gasteiger partial charge is 0.338 e. The van der Waals surface area contributed by atoms with Gasteiger partial charge in [-0.1, -0.05) is 5.16 Å². The van der Waals surface area contributed by atoms with Gasteiger partial charge in [-0.25, -0.2) is 9.50 Å². The summed E-state index contributed by atoms with van der Waals surface area (Å²) in [4.78, 5) is 8.63. The summed E-state index contributed by atoms with van der Waals surface area (Å²) in [6.07, 6.45) is 1.89. The molecule has 1 atom stereocenters. The van der Waals surface area contributed by atoms with E-state index < -0.39 is 0 Å². The number of aromatic nitrogens is 5. The van der Waals surface area contributed by atoms with Gasteiger partial charge < -0.3 is 9.84 Å². The molecule has 7 nitrogen and oxygen atoms in total. The highest BCUT2D eigenvalue weighted by molar-refractivity contribution is 5.42. The van der Waals surface area contributed by atoms with E-state index in [1.165, 1.54) is 0 Å². The lowest BCUT2D eigenvalue weighted by atomic mass is 10.1. The Bertz CT molecular complexity index is 775. The van der Waals surface area contributed by atoms with Crippen LogP contribution in [0.1, 0.15) is 41.6 Å². The fraction of sp³-hybridized carbons (Fsp3) is 0.429. The quantitative estimate of drug-likeness (QED) is 0.788. The van der Waals surface area contributed by atoms with Gasteiger partial charge in [-0.3, -0.25) is 0 Å². The van der Waals surface area contributed by atoms with Crippen molar-refractivity contribution in [3.05, 3.63) is 40.9 Å². The number of nitrogens with zero attached hydrogens (tertiary/aromatic N) is 5. The first kappa shape index (κ1) is 13.7. The average Bonchev–Trinajstić information content (AvgIpc) is 3.02. The summed E-state index contributed by atoms with van der Waals surface area (Å²) in [5, 5.41) is 11.6. The van der Waals surface area contributed by atoms with E-state index in [1.807, 2.05) is 30.6 Å². The topological polar surface area (TPSA) is 81.1 Å². The van der Waals surface area contributed by atoms with Crippen molar-refractivity contribution in [1.82, 2.24) is 30.1 Å². The molecule has 0 aliphatic rings. The Morgan fingerprint density at radius 1 is 1.33 bits per heavy atom. The third-order valence-corrected chi connectivity index (χ3v) is 3.48. The Morgan fingerprint density at radius 2 is 2.14 bits per heavy atom. The molecule has 21 heavy (non-hydrogen) atoms. The highest BCUT2D eigenvalue weighted by Crippen LogP contribution is 2.18. The third kappa shape index (κ3) is 2.64. The fourth-order valence-corrected chi connectivity index (χ4v) is 2.36. The van der Waals surface area contributed by atoms with Crippen LogP contribution in [0.2, 0.25) is 0 Å². The summed E-state index contributed by atoms with van der Waals surface area (Å²) in [6.45, 7) is 8.42. The zero-order chi connectivity index (χ0) is 15.0. The van der Waals surface area contributed by atoms with Gasteiger partial charge in [-0.15, -0.1) is 0 Å². The molecule has 3 heterocycles. The van der Waals surface area contributed by atoms with Crippen LogP contribution in [0.15, 0.2) is 16.8 Å². The van der Waals surface area contributed by atoms with Gasteiger partial charge in [0.05, 0.1) is 12.2 Å². The lowest BCUT2D eigenvalue weighted by Gasteiger charge is -2.15. The smallest absolute Gasteiger partial charge is 0.240 e. The first-order chi connectivity index (χ1) is 10.0. The van der Waals surface area contributed by atoms with Gasteiger partial charge in [-0.2, -0.15) is 10.1 Å². The van der Waals surface area contributed by atoms with Crippen LogP contribution in [0.25, 0.3) is 5.65 Å². The molecule has 3 aromatic heterocycles. The molecule has 0 aliphatic carbocycles. The maximum Gasteiger partial charge on any atom is 0.240 e.